The number of nitrogens with zero attached hydrogens (tertiary/aromatic N) is 2. The van der Waals surface area contributed by atoms with Gasteiger partial charge in [-0.2, -0.15) is 18.3 Å². The lowest BCUT2D eigenvalue weighted by Crippen LogP contribution is -2.21. The Kier molecular flexibility index (Phi) is 4.98. The van der Waals surface area contributed by atoms with Crippen LogP contribution in [0.1, 0.15) is 28.7 Å². The van der Waals surface area contributed by atoms with E-state index < -0.39 is 29.3 Å². The fourth-order valence-corrected chi connectivity index (χ4v) is 2.25. The van der Waals surface area contributed by atoms with E-state index >= 15 is 0 Å². The average molecular weight is 360 g/mol. The number of anilines is 1. The highest BCUT2D eigenvalue weighted by molar-refractivity contribution is 6.32. The van der Waals surface area contributed by atoms with Crippen LogP contribution < -0.4 is 5.32 Å². The highest BCUT2D eigenvalue weighted by Gasteiger charge is 2.38. The van der Waals surface area contributed by atoms with Gasteiger partial charge in [0.25, 0.3) is 0 Å². The van der Waals surface area contributed by atoms with Gasteiger partial charge in [0.05, 0.1) is 10.7 Å². The fourth-order valence-electron chi connectivity index (χ4n) is 2.01. The number of carbonyl (C=O) groups excluding carboxylic acids is 2. The van der Waals surface area contributed by atoms with Crippen molar-refractivity contribution >= 4 is 29.0 Å². The molecule has 0 unspecified atom stereocenters. The molecule has 0 fully saturated rings. The van der Waals surface area contributed by atoms with Gasteiger partial charge in [-0.25, -0.2) is 0 Å². The molecule has 128 valence electrons. The highest BCUT2D eigenvalue weighted by atomic mass is 35.5. The highest BCUT2D eigenvalue weighted by Crippen LogP contribution is 2.35. The monoisotopic (exact) mass is 359 g/mol. The zero-order valence-corrected chi connectivity index (χ0v) is 13.5. The van der Waals surface area contributed by atoms with Crippen LogP contribution in [-0.4, -0.2) is 21.5 Å². The number of alkyl halides is 3. The molecule has 0 saturated carbocycles. The second-order valence-corrected chi connectivity index (χ2v) is 5.47. The zero-order chi connectivity index (χ0) is 18.1. The minimum atomic E-state index is -4.70. The molecule has 0 atom stereocenters. The van der Waals surface area contributed by atoms with Crippen LogP contribution in [-0.2, 0) is 17.5 Å². The first-order chi connectivity index (χ1) is 11.1. The molecule has 1 aromatic heterocycles. The molecule has 1 amide bonds. The summed E-state index contributed by atoms with van der Waals surface area (Å²) in [6.07, 6.45) is -4.70. The van der Waals surface area contributed by atoms with Gasteiger partial charge in [0.2, 0.25) is 5.91 Å². The third-order valence-electron chi connectivity index (χ3n) is 3.25. The lowest BCUT2D eigenvalue weighted by atomic mass is 10.1. The van der Waals surface area contributed by atoms with Gasteiger partial charge < -0.3 is 5.32 Å². The Bertz CT molecular complexity index is 800. The standard InChI is InChI=1S/C15H13ClF3N3O2/c1-8-13(16)14(15(17,18)19)21-22(8)7-12(24)20-11-5-3-4-10(6-11)9(2)23/h3-6H,7H2,1-2H3,(H,20,24). The Morgan fingerprint density at radius 1 is 1.33 bits per heavy atom. The van der Waals surface area contributed by atoms with Crippen LogP contribution in [0.5, 0.6) is 0 Å². The first-order valence-corrected chi connectivity index (χ1v) is 7.18. The van der Waals surface area contributed by atoms with Crippen LogP contribution in [0.25, 0.3) is 0 Å². The maximum atomic E-state index is 12.8. The number of amides is 1. The van der Waals surface area contributed by atoms with E-state index in [2.05, 4.69) is 10.4 Å². The summed E-state index contributed by atoms with van der Waals surface area (Å²) < 4.78 is 39.1. The molecule has 0 radical (unpaired) electrons. The Balaban J connectivity index is 2.16. The molecule has 0 aliphatic carbocycles. The molecule has 24 heavy (non-hydrogen) atoms. The Morgan fingerprint density at radius 3 is 2.54 bits per heavy atom. The van der Waals surface area contributed by atoms with Gasteiger partial charge in [0, 0.05) is 11.3 Å². The normalized spacial score (nSPS) is 11.4. The van der Waals surface area contributed by atoms with E-state index in [4.69, 9.17) is 11.6 Å². The molecule has 0 bridgehead atoms. The predicted octanol–water partition coefficient (Wildman–Crippen LogP) is 3.71. The van der Waals surface area contributed by atoms with Gasteiger partial charge in [-0.05, 0) is 26.0 Å². The quantitative estimate of drug-likeness (QED) is 0.846. The molecular weight excluding hydrogens is 347 g/mol. The maximum Gasteiger partial charge on any atom is 0.436 e. The molecule has 5 nitrogen and oxygen atoms in total. The van der Waals surface area contributed by atoms with E-state index in [0.717, 1.165) is 4.68 Å². The lowest BCUT2D eigenvalue weighted by Gasteiger charge is -2.08. The van der Waals surface area contributed by atoms with Crippen molar-refractivity contribution in [3.8, 4) is 0 Å². The number of rotatable bonds is 4. The third kappa shape index (κ3) is 3.94. The summed E-state index contributed by atoms with van der Waals surface area (Å²) in [6, 6.07) is 6.22. The minimum Gasteiger partial charge on any atom is -0.324 e. The second kappa shape index (κ2) is 6.64. The zero-order valence-electron chi connectivity index (χ0n) is 12.7. The first kappa shape index (κ1) is 18.0. The molecule has 0 spiro atoms. The summed E-state index contributed by atoms with van der Waals surface area (Å²) in [5, 5.41) is 5.32. The van der Waals surface area contributed by atoms with Gasteiger partial charge in [0.15, 0.2) is 11.5 Å². The summed E-state index contributed by atoms with van der Waals surface area (Å²) in [5.74, 6) is -0.762. The summed E-state index contributed by atoms with van der Waals surface area (Å²) >= 11 is 5.63. The number of halogens is 4. The number of Topliss-reactive ketones (excluding diaryl/α,β-unsaturated/α-hetero) is 1. The first-order valence-electron chi connectivity index (χ1n) is 6.80. The maximum absolute atomic E-state index is 12.8. The van der Waals surface area contributed by atoms with Crippen molar-refractivity contribution in [2.45, 2.75) is 26.6 Å². The van der Waals surface area contributed by atoms with Crippen LogP contribution >= 0.6 is 11.6 Å². The lowest BCUT2D eigenvalue weighted by molar-refractivity contribution is -0.141. The van der Waals surface area contributed by atoms with Crippen LogP contribution in [0.3, 0.4) is 0 Å². The second-order valence-electron chi connectivity index (χ2n) is 5.09. The molecular formula is C15H13ClF3N3O2. The number of carbonyl (C=O) groups is 2. The molecule has 9 heteroatoms. The number of benzene rings is 1. The third-order valence-corrected chi connectivity index (χ3v) is 3.70. The van der Waals surface area contributed by atoms with Crippen LogP contribution in [0.2, 0.25) is 5.02 Å². The SMILES string of the molecule is CC(=O)c1cccc(NC(=O)Cn2nc(C(F)(F)F)c(Cl)c2C)c1. The van der Waals surface area contributed by atoms with Crippen molar-refractivity contribution in [3.63, 3.8) is 0 Å². The number of nitrogens with one attached hydrogen (secondary N) is 1. The van der Waals surface area contributed by atoms with E-state index in [-0.39, 0.29) is 11.5 Å². The van der Waals surface area contributed by atoms with Gasteiger partial charge in [-0.3, -0.25) is 14.3 Å². The number of aromatic nitrogens is 2. The molecule has 2 rings (SSSR count). The van der Waals surface area contributed by atoms with Crippen molar-refractivity contribution in [1.82, 2.24) is 9.78 Å². The number of hydrogen-bond acceptors (Lipinski definition) is 3. The predicted molar refractivity (Wildman–Crippen MR) is 82.1 cm³/mol. The van der Waals surface area contributed by atoms with Crippen LogP contribution in [0.15, 0.2) is 24.3 Å². The van der Waals surface area contributed by atoms with Crippen molar-refractivity contribution < 1.29 is 22.8 Å². The van der Waals surface area contributed by atoms with E-state index in [1.165, 1.54) is 19.9 Å². The fraction of sp³-hybridized carbons (Fsp3) is 0.267. The summed E-state index contributed by atoms with van der Waals surface area (Å²) in [7, 11) is 0. The largest absolute Gasteiger partial charge is 0.436 e. The van der Waals surface area contributed by atoms with E-state index in [9.17, 15) is 22.8 Å². The Labute approximate surface area is 140 Å². The summed E-state index contributed by atoms with van der Waals surface area (Å²) in [4.78, 5) is 23.3. The molecule has 1 heterocycles. The molecule has 2 aromatic rings. The van der Waals surface area contributed by atoms with Crippen molar-refractivity contribution in [1.29, 1.82) is 0 Å². The summed E-state index contributed by atoms with van der Waals surface area (Å²) in [6.45, 7) is 2.29. The molecule has 1 aromatic carbocycles. The molecule has 0 aliphatic heterocycles. The molecule has 0 saturated heterocycles. The molecule has 1 N–H and O–H groups in total. The number of ketones is 1. The van der Waals surface area contributed by atoms with E-state index in [1.807, 2.05) is 0 Å². The topological polar surface area (TPSA) is 64.0 Å². The average Bonchev–Trinajstić information content (AvgIpc) is 2.75. The van der Waals surface area contributed by atoms with E-state index in [0.29, 0.717) is 11.3 Å². The number of hydrogen-bond donors (Lipinski definition) is 1. The van der Waals surface area contributed by atoms with Gasteiger partial charge in [-0.1, -0.05) is 23.7 Å². The van der Waals surface area contributed by atoms with E-state index in [1.54, 1.807) is 18.2 Å². The van der Waals surface area contributed by atoms with Crippen molar-refractivity contribution in [2.24, 2.45) is 0 Å². The summed E-state index contributed by atoms with van der Waals surface area (Å²) in [5.41, 5.74) is -0.421. The van der Waals surface area contributed by atoms with Crippen molar-refractivity contribution in [2.75, 3.05) is 5.32 Å². The van der Waals surface area contributed by atoms with Gasteiger partial charge in [-0.15, -0.1) is 0 Å². The molecule has 0 aliphatic rings. The van der Waals surface area contributed by atoms with Crippen LogP contribution in [0, 0.1) is 6.92 Å². The Hall–Kier alpha value is -2.35. The minimum absolute atomic E-state index is 0.0385. The van der Waals surface area contributed by atoms with Crippen LogP contribution in [0.4, 0.5) is 18.9 Å². The van der Waals surface area contributed by atoms with Crippen molar-refractivity contribution in [3.05, 3.63) is 46.2 Å². The Morgan fingerprint density at radius 2 is 2.00 bits per heavy atom. The van der Waals surface area contributed by atoms with Gasteiger partial charge in [0.1, 0.15) is 6.54 Å². The van der Waals surface area contributed by atoms with Gasteiger partial charge >= 0.3 is 6.18 Å². The smallest absolute Gasteiger partial charge is 0.324 e.